The van der Waals surface area contributed by atoms with Crippen molar-refractivity contribution < 1.29 is 24.5 Å². The maximum Gasteiger partial charge on any atom is 0.306 e. The summed E-state index contributed by atoms with van der Waals surface area (Å²) in [6.45, 7) is 6.34. The van der Waals surface area contributed by atoms with Crippen LogP contribution in [0, 0.1) is 0 Å². The van der Waals surface area contributed by atoms with Crippen LogP contribution in [0.3, 0.4) is 0 Å². The third-order valence-electron chi connectivity index (χ3n) is 11.8. The van der Waals surface area contributed by atoms with Gasteiger partial charge in [-0.3, -0.25) is 9.59 Å². The molecule has 3 unspecified atom stereocenters. The normalized spacial score (nSPS) is 13.8. The first-order valence-electron chi connectivity index (χ1n) is 26.7. The van der Waals surface area contributed by atoms with Gasteiger partial charge < -0.3 is 20.3 Å². The highest BCUT2D eigenvalue weighted by atomic mass is 16.5. The highest BCUT2D eigenvalue weighted by molar-refractivity contribution is 5.77. The zero-order valence-corrected chi connectivity index (χ0v) is 41.4. The van der Waals surface area contributed by atoms with Crippen LogP contribution in [-0.4, -0.2) is 46.9 Å². The Morgan fingerprint density at radius 2 is 0.825 bits per heavy atom. The lowest BCUT2D eigenvalue weighted by atomic mass is 10.0. The average Bonchev–Trinajstić information content (AvgIpc) is 3.28. The first-order chi connectivity index (χ1) is 31.0. The molecule has 364 valence electrons. The number of amides is 1. The van der Waals surface area contributed by atoms with Crippen molar-refractivity contribution >= 4 is 11.9 Å². The summed E-state index contributed by atoms with van der Waals surface area (Å²) in [7, 11) is 0. The molecular weight excluding hydrogens is 779 g/mol. The summed E-state index contributed by atoms with van der Waals surface area (Å²) in [6, 6.07) is -0.717. The van der Waals surface area contributed by atoms with Crippen LogP contribution in [0.1, 0.15) is 252 Å². The Morgan fingerprint density at radius 1 is 0.476 bits per heavy atom. The van der Waals surface area contributed by atoms with Gasteiger partial charge in [0.1, 0.15) is 6.10 Å². The van der Waals surface area contributed by atoms with Gasteiger partial charge in [-0.1, -0.05) is 248 Å². The molecule has 6 nitrogen and oxygen atoms in total. The number of hydrogen-bond donors (Lipinski definition) is 3. The Balaban J connectivity index is 4.48. The van der Waals surface area contributed by atoms with E-state index in [1.807, 2.05) is 6.08 Å². The minimum absolute atomic E-state index is 0.0461. The van der Waals surface area contributed by atoms with Crippen molar-refractivity contribution in [2.45, 2.75) is 270 Å². The van der Waals surface area contributed by atoms with Gasteiger partial charge in [-0.25, -0.2) is 0 Å². The summed E-state index contributed by atoms with van der Waals surface area (Å²) in [5, 5.41) is 23.8. The van der Waals surface area contributed by atoms with Crippen molar-refractivity contribution in [1.29, 1.82) is 0 Å². The van der Waals surface area contributed by atoms with Crippen molar-refractivity contribution in [2.75, 3.05) is 6.61 Å². The Hall–Kier alpha value is -2.70. The molecule has 0 heterocycles. The lowest BCUT2D eigenvalue weighted by Gasteiger charge is -2.24. The van der Waals surface area contributed by atoms with E-state index in [0.29, 0.717) is 19.3 Å². The summed E-state index contributed by atoms with van der Waals surface area (Å²) in [4.78, 5) is 26.0. The average molecular weight is 880 g/mol. The molecule has 0 aromatic rings. The SMILES string of the molecule is CC/C=C\C/C=C\C/C=C\C/C=C\C/C=C\C/C=C\CCC(=O)OC(CCCCCCCCCC)CC(=O)NC(CO)C(O)CCCCCCCCCCCCCCCCCCC. The second-order valence-corrected chi connectivity index (χ2v) is 17.9. The molecule has 63 heavy (non-hydrogen) atoms. The quantitative estimate of drug-likeness (QED) is 0.0321. The lowest BCUT2D eigenvalue weighted by Crippen LogP contribution is -2.46. The molecule has 0 aliphatic heterocycles. The first kappa shape index (κ1) is 60.3. The molecule has 0 spiro atoms. The molecule has 0 aromatic heterocycles. The fourth-order valence-corrected chi connectivity index (χ4v) is 7.81. The van der Waals surface area contributed by atoms with Crippen LogP contribution in [0.15, 0.2) is 72.9 Å². The summed E-state index contributed by atoms with van der Waals surface area (Å²) in [5.74, 6) is -0.575. The van der Waals surface area contributed by atoms with Crippen molar-refractivity contribution in [2.24, 2.45) is 0 Å². The minimum Gasteiger partial charge on any atom is -0.462 e. The van der Waals surface area contributed by atoms with Crippen LogP contribution in [-0.2, 0) is 14.3 Å². The number of aliphatic hydroxyl groups is 2. The molecule has 1 amide bonds. The predicted molar refractivity (Wildman–Crippen MR) is 273 cm³/mol. The molecule has 0 bridgehead atoms. The van der Waals surface area contributed by atoms with E-state index in [1.165, 1.54) is 122 Å². The molecule has 3 N–H and O–H groups in total. The molecule has 0 aliphatic carbocycles. The number of aliphatic hydroxyl groups excluding tert-OH is 2. The van der Waals surface area contributed by atoms with E-state index < -0.39 is 18.2 Å². The second-order valence-electron chi connectivity index (χ2n) is 17.9. The monoisotopic (exact) mass is 880 g/mol. The molecule has 0 fully saturated rings. The Bertz CT molecular complexity index is 1170. The fraction of sp³-hybridized carbons (Fsp3) is 0.754. The van der Waals surface area contributed by atoms with Gasteiger partial charge in [0.25, 0.3) is 0 Å². The van der Waals surface area contributed by atoms with E-state index in [2.05, 4.69) is 92.9 Å². The van der Waals surface area contributed by atoms with Crippen molar-refractivity contribution in [3.8, 4) is 0 Å². The summed E-state index contributed by atoms with van der Waals surface area (Å²) >= 11 is 0. The van der Waals surface area contributed by atoms with Gasteiger partial charge in [-0.05, 0) is 64.2 Å². The zero-order valence-electron chi connectivity index (χ0n) is 41.4. The lowest BCUT2D eigenvalue weighted by molar-refractivity contribution is -0.150. The van der Waals surface area contributed by atoms with E-state index in [-0.39, 0.29) is 31.3 Å². The summed E-state index contributed by atoms with van der Waals surface area (Å²) in [6.07, 6.45) is 64.1. The summed E-state index contributed by atoms with van der Waals surface area (Å²) < 4.78 is 5.87. The van der Waals surface area contributed by atoms with Gasteiger partial charge in [0.2, 0.25) is 5.91 Å². The Morgan fingerprint density at radius 3 is 1.21 bits per heavy atom. The molecule has 0 aromatic carbocycles. The Kier molecular flexibility index (Phi) is 48.1. The van der Waals surface area contributed by atoms with Gasteiger partial charge in [-0.2, -0.15) is 0 Å². The van der Waals surface area contributed by atoms with Gasteiger partial charge in [-0.15, -0.1) is 0 Å². The largest absolute Gasteiger partial charge is 0.462 e. The van der Waals surface area contributed by atoms with Gasteiger partial charge in [0, 0.05) is 6.42 Å². The van der Waals surface area contributed by atoms with Crippen LogP contribution >= 0.6 is 0 Å². The molecule has 0 aliphatic rings. The number of rotatable bonds is 47. The summed E-state index contributed by atoms with van der Waals surface area (Å²) in [5.41, 5.74) is 0. The van der Waals surface area contributed by atoms with Crippen LogP contribution in [0.25, 0.3) is 0 Å². The van der Waals surface area contributed by atoms with E-state index in [1.54, 1.807) is 0 Å². The minimum atomic E-state index is -0.801. The fourth-order valence-electron chi connectivity index (χ4n) is 7.81. The standard InChI is InChI=1S/C57H101NO5/c1-4-7-10-13-16-19-21-23-25-27-28-30-32-34-36-38-41-44-47-50-57(62)63-53(48-45-42-39-18-15-12-9-6-3)51-56(61)58-54(52-59)55(60)49-46-43-40-37-35-33-31-29-26-24-22-20-17-14-11-8-5-2/h7,10,16,19,23,25,28,30,34,36,41,44,53-55,59-60H,4-6,8-9,11-15,17-18,20-22,24,26-27,29,31-33,35,37-40,42-43,45-52H2,1-3H3,(H,58,61)/b10-7-,19-16-,25-23-,30-28-,36-34-,44-41-. The number of carbonyl (C=O) groups excluding carboxylic acids is 2. The maximum absolute atomic E-state index is 13.2. The molecule has 0 saturated carbocycles. The number of nitrogens with one attached hydrogen (secondary N) is 1. The van der Waals surface area contributed by atoms with Crippen molar-refractivity contribution in [3.63, 3.8) is 0 Å². The van der Waals surface area contributed by atoms with Crippen LogP contribution in [0.4, 0.5) is 0 Å². The topological polar surface area (TPSA) is 95.9 Å². The second kappa shape index (κ2) is 50.3. The van der Waals surface area contributed by atoms with E-state index in [9.17, 15) is 19.8 Å². The van der Waals surface area contributed by atoms with Crippen molar-refractivity contribution in [3.05, 3.63) is 72.9 Å². The Labute approximate surface area is 390 Å². The third kappa shape index (κ3) is 45.7. The number of allylic oxidation sites excluding steroid dienone is 12. The molecule has 6 heteroatoms. The maximum atomic E-state index is 13.2. The molecule has 3 atom stereocenters. The molecular formula is C57H101NO5. The molecule has 0 radical (unpaired) electrons. The predicted octanol–water partition coefficient (Wildman–Crippen LogP) is 16.2. The van der Waals surface area contributed by atoms with Gasteiger partial charge >= 0.3 is 5.97 Å². The highest BCUT2D eigenvalue weighted by Gasteiger charge is 2.24. The van der Waals surface area contributed by atoms with E-state index >= 15 is 0 Å². The van der Waals surface area contributed by atoms with E-state index in [0.717, 1.165) is 77.0 Å². The third-order valence-corrected chi connectivity index (χ3v) is 11.8. The molecule has 0 rings (SSSR count). The number of hydrogen-bond acceptors (Lipinski definition) is 5. The van der Waals surface area contributed by atoms with Crippen LogP contribution in [0.5, 0.6) is 0 Å². The van der Waals surface area contributed by atoms with Gasteiger partial charge in [0.15, 0.2) is 0 Å². The van der Waals surface area contributed by atoms with Gasteiger partial charge in [0.05, 0.1) is 25.2 Å². The number of carbonyl (C=O) groups is 2. The van der Waals surface area contributed by atoms with E-state index in [4.69, 9.17) is 4.74 Å². The highest BCUT2D eigenvalue weighted by Crippen LogP contribution is 2.18. The zero-order chi connectivity index (χ0) is 45.9. The number of esters is 1. The first-order valence-corrected chi connectivity index (χ1v) is 26.7. The number of unbranched alkanes of at least 4 members (excludes halogenated alkanes) is 23. The smallest absolute Gasteiger partial charge is 0.306 e. The number of ether oxygens (including phenoxy) is 1. The van der Waals surface area contributed by atoms with Crippen LogP contribution in [0.2, 0.25) is 0 Å². The van der Waals surface area contributed by atoms with Crippen LogP contribution < -0.4 is 5.32 Å². The molecule has 0 saturated heterocycles. The van der Waals surface area contributed by atoms with Crippen molar-refractivity contribution in [1.82, 2.24) is 5.32 Å².